The number of amides is 1. The summed E-state index contributed by atoms with van der Waals surface area (Å²) in [7, 11) is 3.25. The molecule has 0 aromatic carbocycles. The first-order valence-corrected chi connectivity index (χ1v) is 4.29. The van der Waals surface area contributed by atoms with Gasteiger partial charge in [0.2, 0.25) is 5.91 Å². The lowest BCUT2D eigenvalue weighted by Gasteiger charge is -2.18. The lowest BCUT2D eigenvalue weighted by Crippen LogP contribution is -2.29. The molecular formula is C9H17NO3. The van der Waals surface area contributed by atoms with Crippen LogP contribution in [0.4, 0.5) is 0 Å². The number of carboxylic acid groups (broad SMARTS) is 1. The number of aliphatic carboxylic acids is 1. The Bertz CT molecular complexity index is 199. The number of rotatable bonds is 4. The molecule has 0 aliphatic heterocycles. The quantitative estimate of drug-likeness (QED) is 0.709. The van der Waals surface area contributed by atoms with E-state index < -0.39 is 11.9 Å². The molecule has 0 saturated heterocycles. The first kappa shape index (κ1) is 11.9. The van der Waals surface area contributed by atoms with Crippen LogP contribution in [0.2, 0.25) is 0 Å². The fraction of sp³-hybridized carbons (Fsp3) is 0.778. The zero-order valence-electron chi connectivity index (χ0n) is 8.57. The molecule has 4 nitrogen and oxygen atoms in total. The lowest BCUT2D eigenvalue weighted by molar-refractivity contribution is -0.147. The third-order valence-electron chi connectivity index (χ3n) is 2.02. The summed E-state index contributed by atoms with van der Waals surface area (Å²) in [6, 6.07) is 0. The maximum Gasteiger partial charge on any atom is 0.307 e. The van der Waals surface area contributed by atoms with Crippen molar-refractivity contribution < 1.29 is 14.7 Å². The highest BCUT2D eigenvalue weighted by atomic mass is 16.4. The summed E-state index contributed by atoms with van der Waals surface area (Å²) in [5.41, 5.74) is 0. The summed E-state index contributed by atoms with van der Waals surface area (Å²) in [4.78, 5) is 23.4. The first-order valence-electron chi connectivity index (χ1n) is 4.29. The smallest absolute Gasteiger partial charge is 0.307 e. The Hall–Kier alpha value is -1.06. The predicted molar refractivity (Wildman–Crippen MR) is 49.3 cm³/mol. The van der Waals surface area contributed by atoms with Crippen LogP contribution in [0.25, 0.3) is 0 Å². The number of hydrogen-bond donors (Lipinski definition) is 1. The Kier molecular flexibility index (Phi) is 4.45. The van der Waals surface area contributed by atoms with Crippen molar-refractivity contribution >= 4 is 11.9 Å². The first-order chi connectivity index (χ1) is 5.86. The van der Waals surface area contributed by atoms with E-state index in [1.807, 2.05) is 13.8 Å². The van der Waals surface area contributed by atoms with Crippen molar-refractivity contribution in [3.63, 3.8) is 0 Å². The van der Waals surface area contributed by atoms with E-state index in [0.29, 0.717) is 0 Å². The number of carboxylic acids is 1. The van der Waals surface area contributed by atoms with Crippen molar-refractivity contribution in [2.45, 2.75) is 20.3 Å². The largest absolute Gasteiger partial charge is 0.481 e. The SMILES string of the molecule is CC(C)C(CC(=O)N(C)C)C(=O)O. The topological polar surface area (TPSA) is 57.6 Å². The fourth-order valence-electron chi connectivity index (χ4n) is 0.979. The van der Waals surface area contributed by atoms with Gasteiger partial charge in [0.25, 0.3) is 0 Å². The second kappa shape index (κ2) is 4.84. The van der Waals surface area contributed by atoms with Gasteiger partial charge in [0.1, 0.15) is 0 Å². The van der Waals surface area contributed by atoms with Crippen LogP contribution in [-0.4, -0.2) is 36.0 Å². The summed E-state index contributed by atoms with van der Waals surface area (Å²) < 4.78 is 0. The average molecular weight is 187 g/mol. The minimum absolute atomic E-state index is 0.0126. The van der Waals surface area contributed by atoms with E-state index in [-0.39, 0.29) is 18.2 Å². The van der Waals surface area contributed by atoms with Crippen molar-refractivity contribution in [2.24, 2.45) is 11.8 Å². The van der Waals surface area contributed by atoms with Gasteiger partial charge >= 0.3 is 5.97 Å². The molecule has 76 valence electrons. The van der Waals surface area contributed by atoms with Gasteiger partial charge in [0.15, 0.2) is 0 Å². The summed E-state index contributed by atoms with van der Waals surface area (Å²) >= 11 is 0. The van der Waals surface area contributed by atoms with Crippen LogP contribution in [0.1, 0.15) is 20.3 Å². The highest BCUT2D eigenvalue weighted by molar-refractivity contribution is 5.82. The molecule has 1 unspecified atom stereocenters. The Labute approximate surface area is 78.5 Å². The van der Waals surface area contributed by atoms with Gasteiger partial charge in [-0.05, 0) is 5.92 Å². The lowest BCUT2D eigenvalue weighted by atomic mass is 9.92. The van der Waals surface area contributed by atoms with Gasteiger partial charge in [-0.15, -0.1) is 0 Å². The van der Waals surface area contributed by atoms with Gasteiger partial charge in [-0.2, -0.15) is 0 Å². The molecule has 1 atom stereocenters. The van der Waals surface area contributed by atoms with Gasteiger partial charge in [-0.25, -0.2) is 0 Å². The van der Waals surface area contributed by atoms with Crippen molar-refractivity contribution in [1.82, 2.24) is 4.90 Å². The molecule has 1 amide bonds. The highest BCUT2D eigenvalue weighted by Gasteiger charge is 2.24. The monoisotopic (exact) mass is 187 g/mol. The highest BCUT2D eigenvalue weighted by Crippen LogP contribution is 2.16. The molecule has 0 heterocycles. The van der Waals surface area contributed by atoms with E-state index in [4.69, 9.17) is 5.11 Å². The van der Waals surface area contributed by atoms with E-state index in [0.717, 1.165) is 0 Å². The van der Waals surface area contributed by atoms with E-state index in [2.05, 4.69) is 0 Å². The van der Waals surface area contributed by atoms with Crippen LogP contribution in [0.15, 0.2) is 0 Å². The summed E-state index contributed by atoms with van der Waals surface area (Å²) in [6.07, 6.45) is 0.0833. The molecule has 0 fully saturated rings. The second-order valence-electron chi connectivity index (χ2n) is 3.68. The van der Waals surface area contributed by atoms with Crippen LogP contribution >= 0.6 is 0 Å². The van der Waals surface area contributed by atoms with E-state index in [1.165, 1.54) is 4.90 Å². The number of hydrogen-bond acceptors (Lipinski definition) is 2. The molecule has 13 heavy (non-hydrogen) atoms. The van der Waals surface area contributed by atoms with Crippen LogP contribution in [0, 0.1) is 11.8 Å². The van der Waals surface area contributed by atoms with Gasteiger partial charge in [-0.1, -0.05) is 13.8 Å². The van der Waals surface area contributed by atoms with Crippen LogP contribution < -0.4 is 0 Å². The van der Waals surface area contributed by atoms with Gasteiger partial charge in [0, 0.05) is 20.5 Å². The average Bonchev–Trinajstić information content (AvgIpc) is 1.97. The molecular weight excluding hydrogens is 170 g/mol. The Balaban J connectivity index is 4.27. The van der Waals surface area contributed by atoms with Crippen molar-refractivity contribution in [3.05, 3.63) is 0 Å². The van der Waals surface area contributed by atoms with Gasteiger partial charge in [0.05, 0.1) is 5.92 Å². The van der Waals surface area contributed by atoms with Crippen LogP contribution in [-0.2, 0) is 9.59 Å². The van der Waals surface area contributed by atoms with Crippen LogP contribution in [0.5, 0.6) is 0 Å². The van der Waals surface area contributed by atoms with Crippen LogP contribution in [0.3, 0.4) is 0 Å². The molecule has 0 saturated carbocycles. The minimum Gasteiger partial charge on any atom is -0.481 e. The van der Waals surface area contributed by atoms with Gasteiger partial charge < -0.3 is 10.0 Å². The summed E-state index contributed by atoms with van der Waals surface area (Å²) in [6.45, 7) is 3.61. The molecule has 0 aromatic heterocycles. The third kappa shape index (κ3) is 3.92. The molecule has 4 heteroatoms. The molecule has 1 N–H and O–H groups in total. The van der Waals surface area contributed by atoms with E-state index >= 15 is 0 Å². The molecule has 0 bridgehead atoms. The molecule has 0 spiro atoms. The van der Waals surface area contributed by atoms with Crippen molar-refractivity contribution in [2.75, 3.05) is 14.1 Å². The van der Waals surface area contributed by atoms with Crippen molar-refractivity contribution in [1.29, 1.82) is 0 Å². The normalized spacial score (nSPS) is 12.7. The second-order valence-corrected chi connectivity index (χ2v) is 3.68. The maximum atomic E-state index is 11.2. The van der Waals surface area contributed by atoms with E-state index in [1.54, 1.807) is 14.1 Å². The fourth-order valence-corrected chi connectivity index (χ4v) is 0.979. The minimum atomic E-state index is -0.898. The number of carbonyl (C=O) groups excluding carboxylic acids is 1. The number of nitrogens with zero attached hydrogens (tertiary/aromatic N) is 1. The molecule has 0 radical (unpaired) electrons. The molecule has 0 aliphatic rings. The number of carbonyl (C=O) groups is 2. The summed E-state index contributed by atoms with van der Waals surface area (Å²) in [5, 5.41) is 8.80. The van der Waals surface area contributed by atoms with Gasteiger partial charge in [-0.3, -0.25) is 9.59 Å². The zero-order valence-corrected chi connectivity index (χ0v) is 8.57. The van der Waals surface area contributed by atoms with Crippen molar-refractivity contribution in [3.8, 4) is 0 Å². The standard InChI is InChI=1S/C9H17NO3/c1-6(2)7(9(12)13)5-8(11)10(3)4/h6-7H,5H2,1-4H3,(H,12,13). The summed E-state index contributed by atoms with van der Waals surface area (Å²) in [5.74, 6) is -1.62. The molecule has 0 rings (SSSR count). The maximum absolute atomic E-state index is 11.2. The Morgan fingerprint density at radius 2 is 1.77 bits per heavy atom. The predicted octanol–water partition coefficient (Wildman–Crippen LogP) is 0.821. The Morgan fingerprint density at radius 3 is 2.00 bits per heavy atom. The molecule has 0 aromatic rings. The molecule has 0 aliphatic carbocycles. The zero-order chi connectivity index (χ0) is 10.6. The Morgan fingerprint density at radius 1 is 1.31 bits per heavy atom. The third-order valence-corrected chi connectivity index (χ3v) is 2.02. The van der Waals surface area contributed by atoms with E-state index in [9.17, 15) is 9.59 Å².